The fourth-order valence-corrected chi connectivity index (χ4v) is 6.70. The van der Waals surface area contributed by atoms with Gasteiger partial charge in [0.1, 0.15) is 17.1 Å². The summed E-state index contributed by atoms with van der Waals surface area (Å²) >= 11 is 0. The maximum Gasteiger partial charge on any atom is 0.319 e. The number of phenolic OH excluding ortho intramolecular Hbond substituents is 1. The van der Waals surface area contributed by atoms with Crippen molar-refractivity contribution in [1.82, 2.24) is 15.3 Å². The Balaban J connectivity index is 1.34. The fraction of sp³-hybridized carbons (Fsp3) is 0.400. The number of phenols is 1. The smallest absolute Gasteiger partial charge is 0.319 e. The van der Waals surface area contributed by atoms with Crippen LogP contribution in [0.5, 0.6) is 11.8 Å². The standard InChI is InChI=1S/C30H30F3N5O2/c31-25-22(24-10-20(39)9-17-3-1-2-4-21(17)24)7-8-23-26(25)36-28(40-16-29(15-34)13-30(32,33)14-29)37-27(23)38-11-18-5-6-19(12-38)35-18/h1-4,7-10,18-19,35,39H,5-6,11-16,34H2. The van der Waals surface area contributed by atoms with Crippen LogP contribution in [-0.4, -0.2) is 59.3 Å². The number of nitrogens with two attached hydrogens (primary N) is 1. The summed E-state index contributed by atoms with van der Waals surface area (Å²) in [6.07, 6.45) is 1.40. The highest BCUT2D eigenvalue weighted by atomic mass is 19.3. The lowest BCUT2D eigenvalue weighted by Gasteiger charge is -2.46. The third-order valence-corrected chi connectivity index (χ3v) is 8.63. The molecular weight excluding hydrogens is 519 g/mol. The molecule has 2 unspecified atom stereocenters. The molecular formula is C30H30F3N5O2. The topological polar surface area (TPSA) is 96.5 Å². The van der Waals surface area contributed by atoms with Crippen LogP contribution in [0.3, 0.4) is 0 Å². The normalized spacial score (nSPS) is 22.9. The molecule has 7 nitrogen and oxygen atoms in total. The van der Waals surface area contributed by atoms with Crippen LogP contribution in [0.15, 0.2) is 48.5 Å². The molecule has 2 aliphatic heterocycles. The molecule has 0 spiro atoms. The number of ether oxygens (including phenoxy) is 1. The van der Waals surface area contributed by atoms with Crippen molar-refractivity contribution in [3.8, 4) is 22.9 Å². The van der Waals surface area contributed by atoms with Crippen LogP contribution in [0, 0.1) is 11.2 Å². The van der Waals surface area contributed by atoms with Crippen molar-refractivity contribution in [3.63, 3.8) is 0 Å². The van der Waals surface area contributed by atoms with Crippen molar-refractivity contribution in [3.05, 3.63) is 54.3 Å². The summed E-state index contributed by atoms with van der Waals surface area (Å²) in [5.41, 5.74) is 5.88. The first-order chi connectivity index (χ1) is 19.2. The Kier molecular flexibility index (Phi) is 5.83. The van der Waals surface area contributed by atoms with Gasteiger partial charge in [-0.2, -0.15) is 9.97 Å². The minimum atomic E-state index is -2.76. The van der Waals surface area contributed by atoms with Gasteiger partial charge in [-0.25, -0.2) is 13.2 Å². The predicted molar refractivity (Wildman–Crippen MR) is 147 cm³/mol. The molecule has 10 heteroatoms. The Morgan fingerprint density at radius 2 is 1.75 bits per heavy atom. The second kappa shape index (κ2) is 9.21. The number of hydrogen-bond acceptors (Lipinski definition) is 7. The van der Waals surface area contributed by atoms with Crippen LogP contribution in [0.2, 0.25) is 0 Å². The van der Waals surface area contributed by atoms with Gasteiger partial charge in [0.05, 0.1) is 6.61 Å². The Hall–Kier alpha value is -3.63. The third kappa shape index (κ3) is 4.30. The average Bonchev–Trinajstić information content (AvgIpc) is 3.27. The fourth-order valence-electron chi connectivity index (χ4n) is 6.70. The maximum atomic E-state index is 16.4. The summed E-state index contributed by atoms with van der Waals surface area (Å²) in [5, 5.41) is 16.1. The molecule has 0 radical (unpaired) electrons. The molecule has 40 heavy (non-hydrogen) atoms. The van der Waals surface area contributed by atoms with Gasteiger partial charge >= 0.3 is 6.01 Å². The maximum absolute atomic E-state index is 16.4. The molecule has 7 rings (SSSR count). The van der Waals surface area contributed by atoms with Gasteiger partial charge in [-0.15, -0.1) is 0 Å². The number of anilines is 1. The molecule has 2 bridgehead atoms. The van der Waals surface area contributed by atoms with E-state index in [1.807, 2.05) is 30.3 Å². The number of piperazine rings is 1. The molecule has 3 heterocycles. The molecule has 4 N–H and O–H groups in total. The number of halogens is 3. The Bertz CT molecular complexity index is 1610. The zero-order valence-corrected chi connectivity index (χ0v) is 21.8. The van der Waals surface area contributed by atoms with Crippen LogP contribution in [0.1, 0.15) is 25.7 Å². The monoisotopic (exact) mass is 549 g/mol. The molecule has 3 aliphatic rings. The molecule has 208 valence electrons. The highest BCUT2D eigenvalue weighted by Crippen LogP contribution is 2.51. The molecule has 1 aliphatic carbocycles. The van der Waals surface area contributed by atoms with Crippen LogP contribution in [-0.2, 0) is 0 Å². The van der Waals surface area contributed by atoms with Crippen LogP contribution >= 0.6 is 0 Å². The van der Waals surface area contributed by atoms with Crippen LogP contribution in [0.4, 0.5) is 19.0 Å². The molecule has 4 aromatic rings. The summed E-state index contributed by atoms with van der Waals surface area (Å²) < 4.78 is 49.8. The summed E-state index contributed by atoms with van der Waals surface area (Å²) in [6, 6.07) is 14.7. The van der Waals surface area contributed by atoms with Gasteiger partial charge in [0.2, 0.25) is 5.92 Å². The van der Waals surface area contributed by atoms with E-state index < -0.39 is 17.2 Å². The molecule has 2 saturated heterocycles. The van der Waals surface area contributed by atoms with E-state index in [2.05, 4.69) is 15.2 Å². The number of aromatic nitrogens is 2. The Labute approximate surface area is 229 Å². The first kappa shape index (κ1) is 25.3. The van der Waals surface area contributed by atoms with Gasteiger partial charge in [-0.05, 0) is 47.4 Å². The molecule has 1 aromatic heterocycles. The minimum Gasteiger partial charge on any atom is -0.508 e. The van der Waals surface area contributed by atoms with E-state index in [4.69, 9.17) is 15.5 Å². The zero-order chi connectivity index (χ0) is 27.6. The number of fused-ring (bicyclic) bond motifs is 4. The average molecular weight is 550 g/mol. The van der Waals surface area contributed by atoms with Gasteiger partial charge in [0, 0.05) is 60.9 Å². The zero-order valence-electron chi connectivity index (χ0n) is 21.8. The van der Waals surface area contributed by atoms with Gasteiger partial charge in [0.25, 0.3) is 0 Å². The Morgan fingerprint density at radius 1 is 1.00 bits per heavy atom. The number of aromatic hydroxyl groups is 1. The van der Waals surface area contributed by atoms with Gasteiger partial charge < -0.3 is 25.8 Å². The molecule has 1 saturated carbocycles. The van der Waals surface area contributed by atoms with Crippen molar-refractivity contribution in [2.24, 2.45) is 11.1 Å². The summed E-state index contributed by atoms with van der Waals surface area (Å²) in [7, 11) is 0. The predicted octanol–water partition coefficient (Wildman–Crippen LogP) is 4.99. The van der Waals surface area contributed by atoms with Crippen molar-refractivity contribution >= 4 is 27.5 Å². The summed E-state index contributed by atoms with van der Waals surface area (Å²) in [5.74, 6) is -2.74. The first-order valence-corrected chi connectivity index (χ1v) is 13.7. The van der Waals surface area contributed by atoms with E-state index in [1.54, 1.807) is 18.2 Å². The molecule has 3 aromatic carbocycles. The van der Waals surface area contributed by atoms with Gasteiger partial charge in [-0.1, -0.05) is 30.3 Å². The highest BCUT2D eigenvalue weighted by Gasteiger charge is 2.56. The van der Waals surface area contributed by atoms with Crippen molar-refractivity contribution in [1.29, 1.82) is 0 Å². The SMILES string of the molecule is NCC1(COc2nc(N3CC4CCC(C3)N4)c3ccc(-c4cc(O)cc5ccccc45)c(F)c3n2)CC(F)(F)C1. The number of alkyl halides is 2. The number of benzene rings is 3. The number of hydrogen-bond donors (Lipinski definition) is 3. The minimum absolute atomic E-state index is 0.0290. The second-order valence-corrected chi connectivity index (χ2v) is 11.6. The quantitative estimate of drug-likeness (QED) is 0.312. The van der Waals surface area contributed by atoms with Gasteiger partial charge in [-0.3, -0.25) is 0 Å². The van der Waals surface area contributed by atoms with Crippen molar-refractivity contribution in [2.45, 2.75) is 43.7 Å². The third-order valence-electron chi connectivity index (χ3n) is 8.63. The van der Waals surface area contributed by atoms with E-state index in [0.717, 1.165) is 23.6 Å². The van der Waals surface area contributed by atoms with Crippen molar-refractivity contribution in [2.75, 3.05) is 31.1 Å². The number of rotatable bonds is 6. The first-order valence-electron chi connectivity index (χ1n) is 13.7. The lowest BCUT2D eigenvalue weighted by Crippen LogP contribution is -2.53. The summed E-state index contributed by atoms with van der Waals surface area (Å²) in [4.78, 5) is 11.3. The lowest BCUT2D eigenvalue weighted by atomic mass is 9.66. The van der Waals surface area contributed by atoms with E-state index in [-0.39, 0.29) is 48.8 Å². The number of nitrogens with one attached hydrogen (secondary N) is 1. The van der Waals surface area contributed by atoms with Crippen LogP contribution in [0.25, 0.3) is 32.8 Å². The van der Waals surface area contributed by atoms with E-state index in [1.165, 1.54) is 0 Å². The van der Waals surface area contributed by atoms with Crippen LogP contribution < -0.4 is 20.7 Å². The summed E-state index contributed by atoms with van der Waals surface area (Å²) in [6.45, 7) is 1.39. The highest BCUT2D eigenvalue weighted by molar-refractivity contribution is 6.01. The van der Waals surface area contributed by atoms with E-state index in [9.17, 15) is 13.9 Å². The molecule has 3 fully saturated rings. The lowest BCUT2D eigenvalue weighted by molar-refractivity contribution is -0.168. The van der Waals surface area contributed by atoms with E-state index >= 15 is 4.39 Å². The second-order valence-electron chi connectivity index (χ2n) is 11.6. The van der Waals surface area contributed by atoms with Crippen molar-refractivity contribution < 1.29 is 23.0 Å². The van der Waals surface area contributed by atoms with Gasteiger partial charge in [0.15, 0.2) is 5.82 Å². The number of nitrogens with zero attached hydrogens (tertiary/aromatic N) is 3. The largest absolute Gasteiger partial charge is 0.508 e. The Morgan fingerprint density at radius 3 is 2.48 bits per heavy atom. The molecule has 0 amide bonds. The molecule has 2 atom stereocenters. The van der Waals surface area contributed by atoms with E-state index in [0.29, 0.717) is 41.9 Å².